The second-order valence-electron chi connectivity index (χ2n) is 7.65. The minimum atomic E-state index is -3.62. The lowest BCUT2D eigenvalue weighted by atomic mass is 9.57. The second-order valence-corrected chi connectivity index (χ2v) is 9.41. The lowest BCUT2D eigenvalue weighted by molar-refractivity contribution is -0.122. The molecule has 0 bridgehead atoms. The van der Waals surface area contributed by atoms with Gasteiger partial charge < -0.3 is 16.8 Å². The Bertz CT molecular complexity index is 749. The van der Waals surface area contributed by atoms with E-state index in [1.165, 1.54) is 12.1 Å². The molecule has 1 spiro atoms. The van der Waals surface area contributed by atoms with Gasteiger partial charge in [0.2, 0.25) is 15.9 Å². The topological polar surface area (TPSA) is 127 Å². The molecule has 0 saturated heterocycles. The van der Waals surface area contributed by atoms with Crippen molar-refractivity contribution in [1.29, 1.82) is 0 Å². The van der Waals surface area contributed by atoms with Crippen LogP contribution in [0.2, 0.25) is 0 Å². The summed E-state index contributed by atoms with van der Waals surface area (Å²) in [7, 11) is -3.62. The van der Waals surface area contributed by atoms with Gasteiger partial charge in [0.25, 0.3) is 0 Å². The van der Waals surface area contributed by atoms with Crippen LogP contribution >= 0.6 is 0 Å². The van der Waals surface area contributed by atoms with Gasteiger partial charge in [0, 0.05) is 30.7 Å². The van der Waals surface area contributed by atoms with Crippen molar-refractivity contribution < 1.29 is 13.2 Å². The van der Waals surface area contributed by atoms with Crippen LogP contribution in [0.3, 0.4) is 0 Å². The summed E-state index contributed by atoms with van der Waals surface area (Å²) in [5.74, 6) is -0.0546. The van der Waals surface area contributed by atoms with Crippen molar-refractivity contribution in [3.05, 3.63) is 24.3 Å². The summed E-state index contributed by atoms with van der Waals surface area (Å²) in [6, 6.07) is 6.64. The summed E-state index contributed by atoms with van der Waals surface area (Å²) in [5, 5.41) is 2.87. The van der Waals surface area contributed by atoms with Crippen LogP contribution in [-0.4, -0.2) is 33.5 Å². The first kappa shape index (κ1) is 19.3. The van der Waals surface area contributed by atoms with Crippen molar-refractivity contribution in [3.63, 3.8) is 0 Å². The Morgan fingerprint density at radius 2 is 1.92 bits per heavy atom. The van der Waals surface area contributed by atoms with Gasteiger partial charge in [0.05, 0.1) is 4.90 Å². The molecule has 6 N–H and O–H groups in total. The van der Waals surface area contributed by atoms with Crippen molar-refractivity contribution in [3.8, 4) is 0 Å². The predicted molar refractivity (Wildman–Crippen MR) is 101 cm³/mol. The van der Waals surface area contributed by atoms with Gasteiger partial charge in [-0.2, -0.15) is 0 Å². The molecule has 1 amide bonds. The second kappa shape index (κ2) is 7.64. The van der Waals surface area contributed by atoms with Crippen LogP contribution in [0.15, 0.2) is 29.2 Å². The molecule has 26 heavy (non-hydrogen) atoms. The van der Waals surface area contributed by atoms with E-state index in [-0.39, 0.29) is 29.8 Å². The minimum Gasteiger partial charge on any atom is -0.329 e. The van der Waals surface area contributed by atoms with Gasteiger partial charge in [-0.25, -0.2) is 13.1 Å². The third-order valence-electron chi connectivity index (χ3n) is 5.66. The average molecular weight is 381 g/mol. The van der Waals surface area contributed by atoms with E-state index in [1.807, 2.05) is 0 Å². The fourth-order valence-corrected chi connectivity index (χ4v) is 5.31. The first-order valence-corrected chi connectivity index (χ1v) is 10.7. The maximum atomic E-state index is 12.6. The molecule has 0 heterocycles. The van der Waals surface area contributed by atoms with E-state index in [1.54, 1.807) is 12.1 Å². The first-order valence-electron chi connectivity index (χ1n) is 9.20. The molecule has 1 aromatic carbocycles. The van der Waals surface area contributed by atoms with Gasteiger partial charge in [0.1, 0.15) is 0 Å². The summed E-state index contributed by atoms with van der Waals surface area (Å²) in [4.78, 5) is 12.7. The number of hydrogen-bond acceptors (Lipinski definition) is 5. The fraction of sp³-hybridized carbons (Fsp3) is 0.611. The van der Waals surface area contributed by atoms with E-state index in [2.05, 4.69) is 10.0 Å². The molecular weight excluding hydrogens is 352 g/mol. The van der Waals surface area contributed by atoms with Crippen LogP contribution in [0.4, 0.5) is 5.69 Å². The number of rotatable bonds is 6. The molecule has 7 nitrogen and oxygen atoms in total. The standard InChI is InChI=1S/C18H28N4O3S/c19-8-9-21-26(24,25)16-3-1-2-15(10-16)22-17(23)13-4-6-18(7-5-13)11-14(20)12-18/h1-3,10,13-14,21H,4-9,11-12,19-20H2,(H,22,23). The van der Waals surface area contributed by atoms with E-state index >= 15 is 0 Å². The number of anilines is 1. The fourth-order valence-electron chi connectivity index (χ4n) is 4.22. The Balaban J connectivity index is 1.59. The van der Waals surface area contributed by atoms with Gasteiger partial charge in [-0.15, -0.1) is 0 Å². The molecule has 2 fully saturated rings. The third kappa shape index (κ3) is 4.25. The number of carbonyl (C=O) groups excluding carboxylic acids is 1. The van der Waals surface area contributed by atoms with Gasteiger partial charge in [-0.05, 0) is 62.1 Å². The number of benzene rings is 1. The quantitative estimate of drug-likeness (QED) is 0.589. The maximum absolute atomic E-state index is 12.6. The van der Waals surface area contributed by atoms with Crippen LogP contribution in [0.25, 0.3) is 0 Å². The number of amides is 1. The lowest BCUT2D eigenvalue weighted by Gasteiger charge is -2.50. The molecule has 0 radical (unpaired) electrons. The van der Waals surface area contributed by atoms with E-state index in [0.29, 0.717) is 17.1 Å². The van der Waals surface area contributed by atoms with Gasteiger partial charge >= 0.3 is 0 Å². The molecule has 2 aliphatic carbocycles. The van der Waals surface area contributed by atoms with E-state index in [4.69, 9.17) is 11.5 Å². The van der Waals surface area contributed by atoms with Gasteiger partial charge in [-0.1, -0.05) is 6.07 Å². The van der Waals surface area contributed by atoms with Crippen molar-refractivity contribution in [2.24, 2.45) is 22.8 Å². The molecule has 0 aromatic heterocycles. The lowest BCUT2D eigenvalue weighted by Crippen LogP contribution is -2.48. The Labute approximate surface area is 155 Å². The number of sulfonamides is 1. The highest BCUT2D eigenvalue weighted by atomic mass is 32.2. The van der Waals surface area contributed by atoms with Crippen LogP contribution < -0.4 is 21.5 Å². The van der Waals surface area contributed by atoms with Crippen molar-refractivity contribution in [2.45, 2.75) is 49.5 Å². The van der Waals surface area contributed by atoms with Crippen LogP contribution in [0.5, 0.6) is 0 Å². The normalized spacial score (nSPS) is 28.5. The molecule has 1 aromatic rings. The number of carbonyl (C=O) groups is 1. The van der Waals surface area contributed by atoms with E-state index in [9.17, 15) is 13.2 Å². The number of nitrogens with one attached hydrogen (secondary N) is 2. The summed E-state index contributed by atoms with van der Waals surface area (Å²) in [6.07, 6.45) is 6.00. The molecule has 144 valence electrons. The van der Waals surface area contributed by atoms with Gasteiger partial charge in [-0.3, -0.25) is 4.79 Å². The molecule has 2 aliphatic rings. The monoisotopic (exact) mass is 380 g/mol. The zero-order valence-corrected chi connectivity index (χ0v) is 15.7. The number of nitrogens with two attached hydrogens (primary N) is 2. The Morgan fingerprint density at radius 1 is 1.23 bits per heavy atom. The predicted octanol–water partition coefficient (Wildman–Crippen LogP) is 1.16. The zero-order valence-electron chi connectivity index (χ0n) is 14.9. The van der Waals surface area contributed by atoms with Crippen molar-refractivity contribution in [2.75, 3.05) is 18.4 Å². The molecular formula is C18H28N4O3S. The average Bonchev–Trinajstić information content (AvgIpc) is 2.60. The van der Waals surface area contributed by atoms with Gasteiger partial charge in [0.15, 0.2) is 0 Å². The maximum Gasteiger partial charge on any atom is 0.240 e. The smallest absolute Gasteiger partial charge is 0.240 e. The highest BCUT2D eigenvalue weighted by Crippen LogP contribution is 2.52. The van der Waals surface area contributed by atoms with Crippen molar-refractivity contribution >= 4 is 21.6 Å². The molecule has 8 heteroatoms. The molecule has 0 unspecified atom stereocenters. The SMILES string of the molecule is NCCNS(=O)(=O)c1cccc(NC(=O)C2CCC3(CC2)CC(N)C3)c1. The summed E-state index contributed by atoms with van der Waals surface area (Å²) < 4.78 is 26.8. The molecule has 3 rings (SSSR count). The van der Waals surface area contributed by atoms with Crippen LogP contribution in [0, 0.1) is 11.3 Å². The van der Waals surface area contributed by atoms with E-state index < -0.39 is 10.0 Å². The largest absolute Gasteiger partial charge is 0.329 e. The third-order valence-corrected chi connectivity index (χ3v) is 7.11. The molecule has 0 aliphatic heterocycles. The van der Waals surface area contributed by atoms with Crippen LogP contribution in [0.1, 0.15) is 38.5 Å². The highest BCUT2D eigenvalue weighted by Gasteiger charge is 2.45. The summed E-state index contributed by atoms with van der Waals surface area (Å²) in [5.41, 5.74) is 12.1. The molecule has 0 atom stereocenters. The molecule has 2 saturated carbocycles. The first-order chi connectivity index (χ1) is 12.3. The van der Waals surface area contributed by atoms with E-state index in [0.717, 1.165) is 38.5 Å². The van der Waals surface area contributed by atoms with Crippen LogP contribution in [-0.2, 0) is 14.8 Å². The number of hydrogen-bond donors (Lipinski definition) is 4. The zero-order chi connectivity index (χ0) is 18.8. The minimum absolute atomic E-state index is 0.0203. The summed E-state index contributed by atoms with van der Waals surface area (Å²) >= 11 is 0. The highest BCUT2D eigenvalue weighted by molar-refractivity contribution is 7.89. The van der Waals surface area contributed by atoms with Crippen molar-refractivity contribution in [1.82, 2.24) is 4.72 Å². The summed E-state index contributed by atoms with van der Waals surface area (Å²) in [6.45, 7) is 0.399. The Morgan fingerprint density at radius 3 is 2.54 bits per heavy atom. The Hall–Kier alpha value is -1.48. The Kier molecular flexibility index (Phi) is 5.67.